The molecule has 1 heterocycles. The van der Waals surface area contributed by atoms with Crippen LogP contribution in [-0.4, -0.2) is 36.2 Å². The molecule has 0 radical (unpaired) electrons. The van der Waals surface area contributed by atoms with E-state index in [9.17, 15) is 4.79 Å². The highest BCUT2D eigenvalue weighted by Gasteiger charge is 2.41. The molecule has 0 unspecified atom stereocenters. The van der Waals surface area contributed by atoms with Crippen LogP contribution in [0.3, 0.4) is 0 Å². The number of halogens is 2. The van der Waals surface area contributed by atoms with Gasteiger partial charge in [0.1, 0.15) is 5.60 Å². The minimum absolute atomic E-state index is 0.371. The molecule has 0 spiro atoms. The van der Waals surface area contributed by atoms with Gasteiger partial charge in [0.2, 0.25) is 0 Å². The maximum absolute atomic E-state index is 12.4. The summed E-state index contributed by atoms with van der Waals surface area (Å²) in [4.78, 5) is 12.4. The maximum atomic E-state index is 12.4. The topological polar surface area (TPSA) is 56.8 Å². The highest BCUT2D eigenvalue weighted by molar-refractivity contribution is 9.08. The van der Waals surface area contributed by atoms with Crippen LogP contribution >= 0.6 is 27.5 Å². The van der Waals surface area contributed by atoms with E-state index >= 15 is 0 Å². The Kier molecular flexibility index (Phi) is 7.82. The number of carbonyl (C=O) groups is 1. The van der Waals surface area contributed by atoms with Crippen LogP contribution in [-0.2, 0) is 26.0 Å². The first-order valence-corrected chi connectivity index (χ1v) is 11.1. The molecular formula is C21H31BrClNO4. The molecular weight excluding hydrogens is 446 g/mol. The molecule has 1 aliphatic rings. The first-order valence-electron chi connectivity index (χ1n) is 9.56. The number of aryl methyl sites for hydroxylation is 1. The molecule has 1 aliphatic heterocycles. The molecule has 1 aromatic rings. The third-order valence-corrected chi connectivity index (χ3v) is 5.53. The lowest BCUT2D eigenvalue weighted by molar-refractivity contribution is -0.271. The van der Waals surface area contributed by atoms with Crippen molar-refractivity contribution in [3.63, 3.8) is 0 Å². The molecule has 7 heteroatoms. The van der Waals surface area contributed by atoms with Gasteiger partial charge in [-0.05, 0) is 71.1 Å². The minimum atomic E-state index is -0.659. The molecule has 1 amide bonds. The van der Waals surface area contributed by atoms with Gasteiger partial charge in [-0.15, -0.1) is 0 Å². The Morgan fingerprint density at radius 2 is 1.93 bits per heavy atom. The zero-order valence-electron chi connectivity index (χ0n) is 17.4. The van der Waals surface area contributed by atoms with Crippen molar-refractivity contribution < 1.29 is 19.0 Å². The second-order valence-electron chi connectivity index (χ2n) is 8.80. The fourth-order valence-electron chi connectivity index (χ4n) is 3.00. The zero-order valence-corrected chi connectivity index (χ0v) is 19.7. The molecule has 0 saturated carbocycles. The number of amides is 1. The number of benzene rings is 1. The monoisotopic (exact) mass is 475 g/mol. The van der Waals surface area contributed by atoms with E-state index in [2.05, 4.69) is 33.4 Å². The third kappa shape index (κ3) is 7.21. The molecule has 28 heavy (non-hydrogen) atoms. The summed E-state index contributed by atoms with van der Waals surface area (Å²) >= 11 is 9.84. The molecule has 2 rings (SSSR count). The van der Waals surface area contributed by atoms with E-state index in [1.54, 1.807) is 0 Å². The smallest absolute Gasteiger partial charge is 0.408 e. The van der Waals surface area contributed by atoms with Crippen molar-refractivity contribution in [1.29, 1.82) is 0 Å². The van der Waals surface area contributed by atoms with Gasteiger partial charge >= 0.3 is 6.09 Å². The summed E-state index contributed by atoms with van der Waals surface area (Å²) in [6.07, 6.45) is 1.87. The van der Waals surface area contributed by atoms with Crippen molar-refractivity contribution in [3.05, 3.63) is 34.3 Å². The average molecular weight is 477 g/mol. The SMILES string of the molecule is CC(C)(C)OC(=O)NC1(CCCc2ccc(CBr)cc2Cl)COC(C)(C)OC1. The largest absolute Gasteiger partial charge is 0.444 e. The molecule has 1 saturated heterocycles. The highest BCUT2D eigenvalue weighted by Crippen LogP contribution is 2.29. The molecule has 0 aliphatic carbocycles. The lowest BCUT2D eigenvalue weighted by atomic mass is 9.91. The summed E-state index contributed by atoms with van der Waals surface area (Å²) in [6.45, 7) is 10.0. The number of nitrogens with one attached hydrogen (secondary N) is 1. The molecule has 0 bridgehead atoms. The molecule has 5 nitrogen and oxygen atoms in total. The van der Waals surface area contributed by atoms with Crippen LogP contribution in [0.15, 0.2) is 18.2 Å². The Morgan fingerprint density at radius 1 is 1.29 bits per heavy atom. The van der Waals surface area contributed by atoms with Crippen LogP contribution in [0.5, 0.6) is 0 Å². The second kappa shape index (κ2) is 9.33. The van der Waals surface area contributed by atoms with E-state index in [4.69, 9.17) is 25.8 Å². The summed E-state index contributed by atoms with van der Waals surface area (Å²) in [6, 6.07) is 6.11. The van der Waals surface area contributed by atoms with Crippen LogP contribution in [0.4, 0.5) is 4.79 Å². The minimum Gasteiger partial charge on any atom is -0.444 e. The van der Waals surface area contributed by atoms with Gasteiger partial charge < -0.3 is 19.5 Å². The number of rotatable bonds is 6. The summed E-state index contributed by atoms with van der Waals surface area (Å²) in [7, 11) is 0. The maximum Gasteiger partial charge on any atom is 0.408 e. The molecule has 1 fully saturated rings. The first kappa shape index (κ1) is 23.5. The Balaban J connectivity index is 2.02. The zero-order chi connectivity index (χ0) is 21.0. The van der Waals surface area contributed by atoms with E-state index in [0.717, 1.165) is 34.3 Å². The molecule has 0 atom stereocenters. The number of hydrogen-bond donors (Lipinski definition) is 1. The van der Waals surface area contributed by atoms with Gasteiger partial charge in [0.15, 0.2) is 5.79 Å². The van der Waals surface area contributed by atoms with Crippen LogP contribution in [0.25, 0.3) is 0 Å². The van der Waals surface area contributed by atoms with Crippen molar-refractivity contribution in [3.8, 4) is 0 Å². The molecule has 158 valence electrons. The molecule has 0 aromatic heterocycles. The molecule has 1 aromatic carbocycles. The average Bonchev–Trinajstić information content (AvgIpc) is 2.57. The quantitative estimate of drug-likeness (QED) is 0.543. The number of alkyl halides is 1. The number of ether oxygens (including phenoxy) is 3. The van der Waals surface area contributed by atoms with Crippen molar-refractivity contribution in [2.75, 3.05) is 13.2 Å². The predicted molar refractivity (Wildman–Crippen MR) is 115 cm³/mol. The predicted octanol–water partition coefficient (Wildman–Crippen LogP) is 5.60. The van der Waals surface area contributed by atoms with Gasteiger partial charge in [0, 0.05) is 10.4 Å². The van der Waals surface area contributed by atoms with Gasteiger partial charge in [0.25, 0.3) is 0 Å². The van der Waals surface area contributed by atoms with Crippen molar-refractivity contribution in [1.82, 2.24) is 5.32 Å². The van der Waals surface area contributed by atoms with E-state index in [-0.39, 0.29) is 0 Å². The van der Waals surface area contributed by atoms with Gasteiger partial charge in [-0.2, -0.15) is 0 Å². The van der Waals surface area contributed by atoms with Crippen molar-refractivity contribution in [2.45, 2.75) is 76.1 Å². The third-order valence-electron chi connectivity index (χ3n) is 4.53. The van der Waals surface area contributed by atoms with Gasteiger partial charge in [0.05, 0.1) is 18.8 Å². The van der Waals surface area contributed by atoms with Crippen molar-refractivity contribution in [2.24, 2.45) is 0 Å². The van der Waals surface area contributed by atoms with E-state index in [0.29, 0.717) is 19.6 Å². The lowest BCUT2D eigenvalue weighted by Crippen LogP contribution is -2.61. The fourth-order valence-corrected chi connectivity index (χ4v) is 3.65. The summed E-state index contributed by atoms with van der Waals surface area (Å²) in [5.41, 5.74) is 1.05. The molecule has 1 N–H and O–H groups in total. The van der Waals surface area contributed by atoms with E-state index in [1.807, 2.05) is 40.7 Å². The van der Waals surface area contributed by atoms with Crippen LogP contribution in [0.1, 0.15) is 58.6 Å². The van der Waals surface area contributed by atoms with Crippen LogP contribution in [0, 0.1) is 0 Å². The number of alkyl carbamates (subject to hydrolysis) is 1. The summed E-state index contributed by atoms with van der Waals surface area (Å²) in [5, 5.41) is 4.54. The van der Waals surface area contributed by atoms with Crippen molar-refractivity contribution >= 4 is 33.6 Å². The second-order valence-corrected chi connectivity index (χ2v) is 9.77. The standard InChI is InChI=1S/C21H31BrClNO4/c1-19(2,3)28-18(25)24-21(13-26-20(4,5)27-14-21)10-6-7-16-9-8-15(12-22)11-17(16)23/h8-9,11H,6-7,10,12-14H2,1-5H3,(H,24,25). The Labute approximate surface area is 181 Å². The van der Waals surface area contributed by atoms with Gasteiger partial charge in [-0.25, -0.2) is 4.79 Å². The highest BCUT2D eigenvalue weighted by atomic mass is 79.9. The summed E-state index contributed by atoms with van der Waals surface area (Å²) in [5.74, 6) is -0.659. The Bertz CT molecular complexity index is 677. The number of hydrogen-bond acceptors (Lipinski definition) is 4. The first-order chi connectivity index (χ1) is 12.9. The van der Waals surface area contributed by atoms with E-state index in [1.165, 1.54) is 0 Å². The van der Waals surface area contributed by atoms with E-state index < -0.39 is 23.0 Å². The fraction of sp³-hybridized carbons (Fsp3) is 0.667. The summed E-state index contributed by atoms with van der Waals surface area (Å²) < 4.78 is 17.1. The van der Waals surface area contributed by atoms with Crippen LogP contribution in [0.2, 0.25) is 5.02 Å². The lowest BCUT2D eigenvalue weighted by Gasteiger charge is -2.44. The number of carbonyl (C=O) groups excluding carboxylic acids is 1. The Morgan fingerprint density at radius 3 is 2.46 bits per heavy atom. The Hall–Kier alpha value is -0.820. The normalized spacial score (nSPS) is 18.5. The van der Waals surface area contributed by atoms with Gasteiger partial charge in [-0.3, -0.25) is 0 Å². The van der Waals surface area contributed by atoms with Crippen LogP contribution < -0.4 is 5.32 Å². The van der Waals surface area contributed by atoms with Gasteiger partial charge in [-0.1, -0.05) is 39.7 Å².